The van der Waals surface area contributed by atoms with Crippen molar-refractivity contribution in [3.63, 3.8) is 0 Å². The highest BCUT2D eigenvalue weighted by atomic mass is 16.3. The van der Waals surface area contributed by atoms with Gasteiger partial charge >= 0.3 is 0 Å². The molecule has 1 aromatic rings. The molecule has 0 radical (unpaired) electrons. The van der Waals surface area contributed by atoms with E-state index in [1.54, 1.807) is 0 Å². The van der Waals surface area contributed by atoms with Crippen LogP contribution in [-0.4, -0.2) is 51.3 Å². The number of aliphatic hydroxyl groups excluding tert-OH is 1. The molecule has 2 fully saturated rings. The average molecular weight is 332 g/mol. The van der Waals surface area contributed by atoms with Gasteiger partial charge in [0.15, 0.2) is 0 Å². The van der Waals surface area contributed by atoms with Crippen LogP contribution in [0, 0.1) is 13.8 Å². The van der Waals surface area contributed by atoms with Crippen molar-refractivity contribution in [1.29, 1.82) is 0 Å². The summed E-state index contributed by atoms with van der Waals surface area (Å²) >= 11 is 0. The number of aromatic nitrogens is 2. The molecule has 5 heteroatoms. The fourth-order valence-corrected chi connectivity index (χ4v) is 4.38. The van der Waals surface area contributed by atoms with E-state index >= 15 is 0 Å². The molecule has 1 saturated carbocycles. The summed E-state index contributed by atoms with van der Waals surface area (Å²) in [5, 5.41) is 14.0. The van der Waals surface area contributed by atoms with Crippen molar-refractivity contribution in [3.8, 4) is 0 Å². The molecule has 2 heterocycles. The van der Waals surface area contributed by atoms with E-state index in [1.807, 2.05) is 13.1 Å². The third-order valence-corrected chi connectivity index (χ3v) is 5.78. The second kappa shape index (κ2) is 7.89. The highest BCUT2D eigenvalue weighted by Gasteiger charge is 2.31. The average Bonchev–Trinajstić information content (AvgIpc) is 2.56. The molecule has 0 spiro atoms. The molecule has 24 heavy (non-hydrogen) atoms. The van der Waals surface area contributed by atoms with Gasteiger partial charge in [-0.25, -0.2) is 9.97 Å². The standard InChI is InChI=1S/C19H32N4O/c1-13-17(12-20-15(3)21-13)14(2)22-16-8-10-23(11-9-16)18-6-4-5-7-19(18)24/h12,14,16,18-19,22,24H,4-11H2,1-3H3. The van der Waals surface area contributed by atoms with Crippen LogP contribution in [0.1, 0.15) is 68.6 Å². The molecule has 0 bridgehead atoms. The maximum absolute atomic E-state index is 10.3. The maximum atomic E-state index is 10.3. The Morgan fingerprint density at radius 1 is 1.17 bits per heavy atom. The van der Waals surface area contributed by atoms with Gasteiger partial charge in [-0.05, 0) is 46.5 Å². The van der Waals surface area contributed by atoms with Crippen molar-refractivity contribution in [3.05, 3.63) is 23.3 Å². The van der Waals surface area contributed by atoms with Crippen LogP contribution in [0.4, 0.5) is 0 Å². The Morgan fingerprint density at radius 3 is 2.54 bits per heavy atom. The van der Waals surface area contributed by atoms with Gasteiger partial charge in [0.05, 0.1) is 6.10 Å². The first-order chi connectivity index (χ1) is 11.5. The van der Waals surface area contributed by atoms with Crippen molar-refractivity contribution in [2.24, 2.45) is 0 Å². The van der Waals surface area contributed by atoms with Crippen LogP contribution in [0.2, 0.25) is 0 Å². The molecule has 3 unspecified atom stereocenters. The molecule has 134 valence electrons. The number of nitrogens with zero attached hydrogens (tertiary/aromatic N) is 3. The number of piperidine rings is 1. The molecule has 0 aromatic carbocycles. The fourth-order valence-electron chi connectivity index (χ4n) is 4.38. The number of rotatable bonds is 4. The highest BCUT2D eigenvalue weighted by molar-refractivity contribution is 5.19. The molecule has 2 aliphatic rings. The SMILES string of the molecule is Cc1ncc(C(C)NC2CCN(C3CCCCC3O)CC2)c(C)n1. The normalized spacial score (nSPS) is 28.0. The summed E-state index contributed by atoms with van der Waals surface area (Å²) in [6.45, 7) is 8.39. The Kier molecular flexibility index (Phi) is 5.85. The molecular weight excluding hydrogens is 300 g/mol. The first-order valence-electron chi connectivity index (χ1n) is 9.53. The molecule has 3 rings (SSSR count). The first-order valence-corrected chi connectivity index (χ1v) is 9.53. The zero-order chi connectivity index (χ0) is 17.1. The van der Waals surface area contributed by atoms with Gasteiger partial charge in [0, 0.05) is 48.7 Å². The largest absolute Gasteiger partial charge is 0.391 e. The van der Waals surface area contributed by atoms with E-state index in [0.29, 0.717) is 12.1 Å². The van der Waals surface area contributed by atoms with Gasteiger partial charge < -0.3 is 10.4 Å². The topological polar surface area (TPSA) is 61.3 Å². The van der Waals surface area contributed by atoms with Gasteiger partial charge in [0.25, 0.3) is 0 Å². The number of hydrogen-bond donors (Lipinski definition) is 2. The fraction of sp³-hybridized carbons (Fsp3) is 0.789. The van der Waals surface area contributed by atoms with Crippen molar-refractivity contribution in [2.75, 3.05) is 13.1 Å². The lowest BCUT2D eigenvalue weighted by molar-refractivity contribution is 0.00670. The van der Waals surface area contributed by atoms with Gasteiger partial charge in [-0.3, -0.25) is 4.90 Å². The monoisotopic (exact) mass is 332 g/mol. The minimum absolute atomic E-state index is 0.116. The molecule has 0 amide bonds. The van der Waals surface area contributed by atoms with Crippen molar-refractivity contribution in [1.82, 2.24) is 20.2 Å². The van der Waals surface area contributed by atoms with E-state index in [2.05, 4.69) is 34.0 Å². The summed E-state index contributed by atoms with van der Waals surface area (Å²) in [5.41, 5.74) is 2.27. The van der Waals surface area contributed by atoms with Gasteiger partial charge in [-0.15, -0.1) is 0 Å². The Labute approximate surface area is 145 Å². The molecule has 3 atom stereocenters. The summed E-state index contributed by atoms with van der Waals surface area (Å²) in [4.78, 5) is 11.4. The summed E-state index contributed by atoms with van der Waals surface area (Å²) in [7, 11) is 0. The Morgan fingerprint density at radius 2 is 1.88 bits per heavy atom. The van der Waals surface area contributed by atoms with Gasteiger partial charge in [0.1, 0.15) is 5.82 Å². The number of likely N-dealkylation sites (tertiary alicyclic amines) is 1. The van der Waals surface area contributed by atoms with E-state index in [0.717, 1.165) is 50.3 Å². The van der Waals surface area contributed by atoms with Crippen LogP contribution in [-0.2, 0) is 0 Å². The van der Waals surface area contributed by atoms with Crippen molar-refractivity contribution in [2.45, 2.75) is 83.5 Å². The van der Waals surface area contributed by atoms with Crippen LogP contribution >= 0.6 is 0 Å². The van der Waals surface area contributed by atoms with Gasteiger partial charge in [0.2, 0.25) is 0 Å². The molecule has 1 saturated heterocycles. The lowest BCUT2D eigenvalue weighted by Gasteiger charge is -2.42. The van der Waals surface area contributed by atoms with E-state index in [-0.39, 0.29) is 12.1 Å². The van der Waals surface area contributed by atoms with E-state index in [1.165, 1.54) is 18.4 Å². The quantitative estimate of drug-likeness (QED) is 0.887. The van der Waals surface area contributed by atoms with Gasteiger partial charge in [-0.1, -0.05) is 12.8 Å². The molecule has 1 aromatic heterocycles. The van der Waals surface area contributed by atoms with Crippen LogP contribution < -0.4 is 5.32 Å². The minimum atomic E-state index is -0.116. The number of hydrogen-bond acceptors (Lipinski definition) is 5. The Hall–Kier alpha value is -1.04. The van der Waals surface area contributed by atoms with E-state index in [9.17, 15) is 5.11 Å². The van der Waals surface area contributed by atoms with Crippen LogP contribution in [0.5, 0.6) is 0 Å². The summed E-state index contributed by atoms with van der Waals surface area (Å²) < 4.78 is 0. The Balaban J connectivity index is 1.51. The molecular formula is C19H32N4O. The van der Waals surface area contributed by atoms with E-state index < -0.39 is 0 Å². The van der Waals surface area contributed by atoms with Crippen LogP contribution in [0.15, 0.2) is 6.20 Å². The first kappa shape index (κ1) is 17.8. The van der Waals surface area contributed by atoms with Crippen molar-refractivity contribution < 1.29 is 5.11 Å². The number of aryl methyl sites for hydroxylation is 2. The lowest BCUT2D eigenvalue weighted by atomic mass is 9.89. The molecule has 5 nitrogen and oxygen atoms in total. The number of nitrogens with one attached hydrogen (secondary N) is 1. The molecule has 1 aliphatic carbocycles. The van der Waals surface area contributed by atoms with Crippen molar-refractivity contribution >= 4 is 0 Å². The molecule has 2 N–H and O–H groups in total. The predicted molar refractivity (Wildman–Crippen MR) is 95.9 cm³/mol. The summed E-state index contributed by atoms with van der Waals surface area (Å²) in [6.07, 6.45) is 8.74. The lowest BCUT2D eigenvalue weighted by Crippen LogP contribution is -2.51. The van der Waals surface area contributed by atoms with Crippen LogP contribution in [0.25, 0.3) is 0 Å². The minimum Gasteiger partial charge on any atom is -0.391 e. The zero-order valence-electron chi connectivity index (χ0n) is 15.3. The summed E-state index contributed by atoms with van der Waals surface area (Å²) in [5.74, 6) is 0.836. The maximum Gasteiger partial charge on any atom is 0.125 e. The Bertz CT molecular complexity index is 542. The third kappa shape index (κ3) is 4.13. The number of aliphatic hydroxyl groups is 1. The predicted octanol–water partition coefficient (Wildman–Crippen LogP) is 2.51. The second-order valence-corrected chi connectivity index (χ2v) is 7.58. The second-order valence-electron chi connectivity index (χ2n) is 7.58. The zero-order valence-corrected chi connectivity index (χ0v) is 15.3. The highest BCUT2D eigenvalue weighted by Crippen LogP contribution is 2.26. The van der Waals surface area contributed by atoms with Gasteiger partial charge in [-0.2, -0.15) is 0 Å². The smallest absolute Gasteiger partial charge is 0.125 e. The third-order valence-electron chi connectivity index (χ3n) is 5.78. The van der Waals surface area contributed by atoms with Crippen LogP contribution in [0.3, 0.4) is 0 Å². The van der Waals surface area contributed by atoms with E-state index in [4.69, 9.17) is 0 Å². The summed E-state index contributed by atoms with van der Waals surface area (Å²) in [6, 6.07) is 1.21. The molecule has 1 aliphatic heterocycles.